The third-order valence-electron chi connectivity index (χ3n) is 2.96. The van der Waals surface area contributed by atoms with Gasteiger partial charge < -0.3 is 5.32 Å². The van der Waals surface area contributed by atoms with Crippen LogP contribution in [0.1, 0.15) is 24.1 Å². The average Bonchev–Trinajstić information content (AvgIpc) is 2.37. The van der Waals surface area contributed by atoms with E-state index in [-0.39, 0.29) is 6.04 Å². The van der Waals surface area contributed by atoms with Gasteiger partial charge >= 0.3 is 0 Å². The Morgan fingerprint density at radius 1 is 1.11 bits per heavy atom. The molecule has 100 valence electrons. The Bertz CT molecular complexity index is 572. The van der Waals surface area contributed by atoms with Crippen molar-refractivity contribution in [1.29, 1.82) is 0 Å². The topological polar surface area (TPSA) is 12.0 Å². The van der Waals surface area contributed by atoms with Gasteiger partial charge in [0.2, 0.25) is 0 Å². The van der Waals surface area contributed by atoms with Gasteiger partial charge in [-0.25, -0.2) is 0 Å². The van der Waals surface area contributed by atoms with Gasteiger partial charge in [0.15, 0.2) is 0 Å². The van der Waals surface area contributed by atoms with Crippen LogP contribution in [0.4, 0.5) is 0 Å². The molecule has 2 rings (SSSR count). The summed E-state index contributed by atoms with van der Waals surface area (Å²) < 4.78 is 2.10. The molecule has 0 radical (unpaired) electrons. The van der Waals surface area contributed by atoms with Gasteiger partial charge in [-0.3, -0.25) is 0 Å². The standard InChI is InChI=1S/C15H14Br2ClN/c1-10(11-3-2-4-13(16)7-11)19-9-12-5-6-14(17)8-15(12)18/h2-8,10,19H,9H2,1H3. The predicted octanol–water partition coefficient (Wildman–Crippen LogP) is 5.72. The highest BCUT2D eigenvalue weighted by Crippen LogP contribution is 2.23. The second kappa shape index (κ2) is 6.89. The zero-order chi connectivity index (χ0) is 13.8. The minimum Gasteiger partial charge on any atom is -0.306 e. The summed E-state index contributed by atoms with van der Waals surface area (Å²) in [6, 6.07) is 14.6. The molecule has 2 aromatic rings. The molecule has 0 aliphatic carbocycles. The van der Waals surface area contributed by atoms with E-state index < -0.39 is 0 Å². The predicted molar refractivity (Wildman–Crippen MR) is 88.5 cm³/mol. The van der Waals surface area contributed by atoms with Gasteiger partial charge in [-0.1, -0.05) is 61.7 Å². The first kappa shape index (κ1) is 15.0. The first-order valence-electron chi connectivity index (χ1n) is 5.99. The monoisotopic (exact) mass is 401 g/mol. The second-order valence-electron chi connectivity index (χ2n) is 4.39. The lowest BCUT2D eigenvalue weighted by molar-refractivity contribution is 0.574. The van der Waals surface area contributed by atoms with Crippen molar-refractivity contribution < 1.29 is 0 Å². The molecule has 0 aliphatic rings. The molecule has 2 aromatic carbocycles. The molecule has 0 bridgehead atoms. The van der Waals surface area contributed by atoms with Crippen molar-refractivity contribution in [3.63, 3.8) is 0 Å². The zero-order valence-electron chi connectivity index (χ0n) is 10.5. The highest BCUT2D eigenvalue weighted by Gasteiger charge is 2.07. The Kier molecular flexibility index (Phi) is 5.46. The number of hydrogen-bond acceptors (Lipinski definition) is 1. The molecule has 0 aliphatic heterocycles. The largest absolute Gasteiger partial charge is 0.306 e. The smallest absolute Gasteiger partial charge is 0.0462 e. The lowest BCUT2D eigenvalue weighted by Gasteiger charge is -2.15. The van der Waals surface area contributed by atoms with Gasteiger partial charge in [-0.2, -0.15) is 0 Å². The molecule has 0 amide bonds. The third-order valence-corrected chi connectivity index (χ3v) is 4.30. The maximum atomic E-state index is 6.21. The van der Waals surface area contributed by atoms with Crippen molar-refractivity contribution >= 4 is 43.5 Å². The van der Waals surface area contributed by atoms with Crippen molar-refractivity contribution in [3.05, 3.63) is 67.6 Å². The van der Waals surface area contributed by atoms with Crippen LogP contribution in [0.5, 0.6) is 0 Å². The molecule has 4 heteroatoms. The van der Waals surface area contributed by atoms with E-state index in [1.165, 1.54) is 5.56 Å². The molecule has 0 aromatic heterocycles. The number of benzene rings is 2. The molecule has 1 unspecified atom stereocenters. The summed E-state index contributed by atoms with van der Waals surface area (Å²) >= 11 is 13.1. The average molecular weight is 404 g/mol. The summed E-state index contributed by atoms with van der Waals surface area (Å²) in [4.78, 5) is 0. The van der Waals surface area contributed by atoms with E-state index in [0.717, 1.165) is 26.1 Å². The lowest BCUT2D eigenvalue weighted by Crippen LogP contribution is -2.18. The molecule has 19 heavy (non-hydrogen) atoms. The van der Waals surface area contributed by atoms with Crippen LogP contribution in [0.15, 0.2) is 51.4 Å². The molecular weight excluding hydrogens is 389 g/mol. The third kappa shape index (κ3) is 4.32. The minimum atomic E-state index is 0.275. The van der Waals surface area contributed by atoms with Gasteiger partial charge in [-0.05, 0) is 42.3 Å². The first-order valence-corrected chi connectivity index (χ1v) is 7.95. The minimum absolute atomic E-state index is 0.275. The van der Waals surface area contributed by atoms with Crippen LogP contribution < -0.4 is 5.32 Å². The Morgan fingerprint density at radius 2 is 1.84 bits per heavy atom. The quantitative estimate of drug-likeness (QED) is 0.689. The van der Waals surface area contributed by atoms with Crippen LogP contribution in [0, 0.1) is 0 Å². The summed E-state index contributed by atoms with van der Waals surface area (Å²) in [5.41, 5.74) is 2.36. The molecule has 1 N–H and O–H groups in total. The fourth-order valence-corrected chi connectivity index (χ4v) is 2.98. The van der Waals surface area contributed by atoms with E-state index >= 15 is 0 Å². The summed E-state index contributed by atoms with van der Waals surface area (Å²) in [6.07, 6.45) is 0. The highest BCUT2D eigenvalue weighted by molar-refractivity contribution is 9.10. The normalized spacial score (nSPS) is 12.4. The van der Waals surface area contributed by atoms with Crippen LogP contribution in [0.3, 0.4) is 0 Å². The summed E-state index contributed by atoms with van der Waals surface area (Å²) in [5.74, 6) is 0. The van der Waals surface area contributed by atoms with Crippen molar-refractivity contribution in [2.24, 2.45) is 0 Å². The molecule has 1 nitrogen and oxygen atoms in total. The molecule has 0 saturated carbocycles. The van der Waals surface area contributed by atoms with E-state index in [4.69, 9.17) is 11.6 Å². The Morgan fingerprint density at radius 3 is 2.53 bits per heavy atom. The molecule has 1 atom stereocenters. The van der Waals surface area contributed by atoms with Crippen LogP contribution in [-0.4, -0.2) is 0 Å². The maximum absolute atomic E-state index is 6.21. The summed E-state index contributed by atoms with van der Waals surface area (Å²) in [5, 5.41) is 4.26. The van der Waals surface area contributed by atoms with Crippen LogP contribution in [0.2, 0.25) is 5.02 Å². The number of halogens is 3. The van der Waals surface area contributed by atoms with E-state index in [9.17, 15) is 0 Å². The Hall–Kier alpha value is -0.350. The van der Waals surface area contributed by atoms with Crippen LogP contribution in [0.25, 0.3) is 0 Å². The number of hydrogen-bond donors (Lipinski definition) is 1. The fourth-order valence-electron chi connectivity index (χ4n) is 1.82. The van der Waals surface area contributed by atoms with Crippen LogP contribution >= 0.6 is 43.5 Å². The Balaban J connectivity index is 2.02. The molecule has 0 fully saturated rings. The molecule has 0 spiro atoms. The first-order chi connectivity index (χ1) is 9.06. The number of nitrogens with one attached hydrogen (secondary N) is 1. The van der Waals surface area contributed by atoms with Crippen molar-refractivity contribution in [3.8, 4) is 0 Å². The van der Waals surface area contributed by atoms with E-state index in [2.05, 4.69) is 56.2 Å². The highest BCUT2D eigenvalue weighted by atomic mass is 79.9. The number of rotatable bonds is 4. The van der Waals surface area contributed by atoms with E-state index in [0.29, 0.717) is 0 Å². The van der Waals surface area contributed by atoms with Crippen molar-refractivity contribution in [1.82, 2.24) is 5.32 Å². The molecule has 0 saturated heterocycles. The lowest BCUT2D eigenvalue weighted by atomic mass is 10.1. The van der Waals surface area contributed by atoms with Crippen LogP contribution in [-0.2, 0) is 6.54 Å². The Labute approximate surface area is 135 Å². The van der Waals surface area contributed by atoms with Gasteiger partial charge in [0.1, 0.15) is 0 Å². The molecular formula is C15H14Br2ClN. The van der Waals surface area contributed by atoms with Gasteiger partial charge in [-0.15, -0.1) is 0 Å². The zero-order valence-corrected chi connectivity index (χ0v) is 14.4. The van der Waals surface area contributed by atoms with E-state index in [1.807, 2.05) is 30.3 Å². The molecule has 0 heterocycles. The van der Waals surface area contributed by atoms with Crippen molar-refractivity contribution in [2.75, 3.05) is 0 Å². The SMILES string of the molecule is CC(NCc1ccc(Br)cc1Cl)c1cccc(Br)c1. The fraction of sp³-hybridized carbons (Fsp3) is 0.200. The second-order valence-corrected chi connectivity index (χ2v) is 6.63. The van der Waals surface area contributed by atoms with Gasteiger partial charge in [0.25, 0.3) is 0 Å². The van der Waals surface area contributed by atoms with Crippen molar-refractivity contribution in [2.45, 2.75) is 19.5 Å². The van der Waals surface area contributed by atoms with Gasteiger partial charge in [0, 0.05) is 26.6 Å². The summed E-state index contributed by atoms with van der Waals surface area (Å²) in [6.45, 7) is 2.90. The van der Waals surface area contributed by atoms with Gasteiger partial charge in [0.05, 0.1) is 0 Å². The maximum Gasteiger partial charge on any atom is 0.0462 e. The van der Waals surface area contributed by atoms with E-state index in [1.54, 1.807) is 0 Å². The summed E-state index contributed by atoms with van der Waals surface area (Å²) in [7, 11) is 0.